The molecule has 1 fully saturated rings. The van der Waals surface area contributed by atoms with Crippen LogP contribution in [-0.2, 0) is 11.3 Å². The Labute approximate surface area is 173 Å². The summed E-state index contributed by atoms with van der Waals surface area (Å²) >= 11 is 0. The lowest BCUT2D eigenvalue weighted by Gasteiger charge is -2.17. The van der Waals surface area contributed by atoms with Crippen molar-refractivity contribution in [1.29, 1.82) is 0 Å². The molecule has 30 heavy (non-hydrogen) atoms. The summed E-state index contributed by atoms with van der Waals surface area (Å²) < 4.78 is 5.81. The van der Waals surface area contributed by atoms with Gasteiger partial charge in [-0.3, -0.25) is 4.79 Å². The van der Waals surface area contributed by atoms with Gasteiger partial charge in [-0.05, 0) is 61.4 Å². The van der Waals surface area contributed by atoms with E-state index in [1.807, 2.05) is 26.0 Å². The van der Waals surface area contributed by atoms with Crippen LogP contribution in [0.15, 0.2) is 59.0 Å². The largest absolute Gasteiger partial charge is 0.478 e. The Morgan fingerprint density at radius 1 is 1.03 bits per heavy atom. The smallest absolute Gasteiger partial charge is 0.335 e. The molecule has 1 aromatic heterocycles. The highest BCUT2D eigenvalue weighted by atomic mass is 16.4. The SMILES string of the molecule is Cc1ccc(N2C(=O)CN(Cc3ccc(-c4cccc(C(=O)O)c4)o3)C2=O)cc1C. The van der Waals surface area contributed by atoms with E-state index in [0.717, 1.165) is 11.1 Å². The first-order valence-electron chi connectivity index (χ1n) is 9.45. The number of carboxylic acid groups (broad SMARTS) is 1. The molecule has 0 saturated carbocycles. The Hall–Kier alpha value is -3.87. The van der Waals surface area contributed by atoms with Crippen molar-refractivity contribution in [3.05, 3.63) is 77.0 Å². The summed E-state index contributed by atoms with van der Waals surface area (Å²) in [7, 11) is 0. The first-order valence-corrected chi connectivity index (χ1v) is 9.45. The van der Waals surface area contributed by atoms with Gasteiger partial charge in [0.25, 0.3) is 5.91 Å². The Balaban J connectivity index is 1.52. The van der Waals surface area contributed by atoms with Gasteiger partial charge < -0.3 is 14.4 Å². The molecule has 1 saturated heterocycles. The van der Waals surface area contributed by atoms with Gasteiger partial charge in [0.1, 0.15) is 18.1 Å². The Morgan fingerprint density at radius 3 is 2.57 bits per heavy atom. The number of imide groups is 1. The highest BCUT2D eigenvalue weighted by Gasteiger charge is 2.37. The van der Waals surface area contributed by atoms with Crippen LogP contribution in [0, 0.1) is 13.8 Å². The molecule has 152 valence electrons. The van der Waals surface area contributed by atoms with Crippen LogP contribution in [0.1, 0.15) is 27.2 Å². The molecular weight excluding hydrogens is 384 g/mol. The molecule has 3 aromatic rings. The zero-order chi connectivity index (χ0) is 21.4. The number of nitrogens with zero attached hydrogens (tertiary/aromatic N) is 2. The average molecular weight is 404 g/mol. The maximum absolute atomic E-state index is 12.8. The minimum atomic E-state index is -1.02. The van der Waals surface area contributed by atoms with E-state index in [1.54, 1.807) is 30.3 Å². The van der Waals surface area contributed by atoms with Gasteiger partial charge in [-0.25, -0.2) is 14.5 Å². The van der Waals surface area contributed by atoms with Crippen LogP contribution in [0.25, 0.3) is 11.3 Å². The molecule has 3 amide bonds. The maximum atomic E-state index is 12.8. The average Bonchev–Trinajstić information content (AvgIpc) is 3.29. The van der Waals surface area contributed by atoms with Gasteiger partial charge in [0.2, 0.25) is 0 Å². The lowest BCUT2D eigenvalue weighted by atomic mass is 10.1. The predicted octanol–water partition coefficient (Wildman–Crippen LogP) is 4.23. The molecule has 1 N–H and O–H groups in total. The first kappa shape index (κ1) is 19.4. The van der Waals surface area contributed by atoms with Gasteiger partial charge in [0.05, 0.1) is 17.8 Å². The molecule has 0 radical (unpaired) electrons. The van der Waals surface area contributed by atoms with Crippen LogP contribution in [0.2, 0.25) is 0 Å². The summed E-state index contributed by atoms with van der Waals surface area (Å²) in [6.07, 6.45) is 0. The number of hydrogen-bond acceptors (Lipinski definition) is 4. The number of aryl methyl sites for hydroxylation is 2. The van der Waals surface area contributed by atoms with Gasteiger partial charge in [-0.1, -0.05) is 18.2 Å². The van der Waals surface area contributed by atoms with Crippen LogP contribution >= 0.6 is 0 Å². The van der Waals surface area contributed by atoms with Gasteiger partial charge in [-0.15, -0.1) is 0 Å². The van der Waals surface area contributed by atoms with E-state index in [-0.39, 0.29) is 24.6 Å². The van der Waals surface area contributed by atoms with Crippen LogP contribution in [0.3, 0.4) is 0 Å². The van der Waals surface area contributed by atoms with Crippen molar-refractivity contribution in [1.82, 2.24) is 4.90 Å². The number of aromatic carboxylic acids is 1. The predicted molar refractivity (Wildman–Crippen MR) is 110 cm³/mol. The van der Waals surface area contributed by atoms with Gasteiger partial charge in [-0.2, -0.15) is 0 Å². The summed E-state index contributed by atoms with van der Waals surface area (Å²) in [5.41, 5.74) is 3.44. The number of anilines is 1. The molecule has 0 unspecified atom stereocenters. The second-order valence-corrected chi connectivity index (χ2v) is 7.29. The first-order chi connectivity index (χ1) is 14.3. The van der Waals surface area contributed by atoms with Crippen molar-refractivity contribution in [2.24, 2.45) is 0 Å². The summed E-state index contributed by atoms with van der Waals surface area (Å²) in [6.45, 7) is 4.02. The van der Waals surface area contributed by atoms with E-state index in [9.17, 15) is 14.4 Å². The monoisotopic (exact) mass is 404 g/mol. The summed E-state index contributed by atoms with van der Waals surface area (Å²) in [5.74, 6) is -0.300. The van der Waals surface area contributed by atoms with Crippen LogP contribution < -0.4 is 4.90 Å². The number of amides is 3. The molecule has 4 rings (SSSR count). The van der Waals surface area contributed by atoms with Crippen molar-refractivity contribution in [2.75, 3.05) is 11.4 Å². The zero-order valence-electron chi connectivity index (χ0n) is 16.6. The number of carboxylic acids is 1. The molecule has 1 aliphatic heterocycles. The molecule has 0 spiro atoms. The zero-order valence-corrected chi connectivity index (χ0v) is 16.6. The van der Waals surface area contributed by atoms with Gasteiger partial charge in [0.15, 0.2) is 0 Å². The van der Waals surface area contributed by atoms with Crippen molar-refractivity contribution in [3.8, 4) is 11.3 Å². The fourth-order valence-electron chi connectivity index (χ4n) is 3.40. The van der Waals surface area contributed by atoms with E-state index in [0.29, 0.717) is 22.8 Å². The second-order valence-electron chi connectivity index (χ2n) is 7.29. The van der Waals surface area contributed by atoms with E-state index in [4.69, 9.17) is 9.52 Å². The Bertz CT molecular complexity index is 1160. The molecule has 7 heteroatoms. The van der Waals surface area contributed by atoms with Crippen molar-refractivity contribution in [3.63, 3.8) is 0 Å². The topological polar surface area (TPSA) is 91.1 Å². The highest BCUT2D eigenvalue weighted by molar-refractivity contribution is 6.19. The lowest BCUT2D eigenvalue weighted by molar-refractivity contribution is -0.116. The lowest BCUT2D eigenvalue weighted by Crippen LogP contribution is -2.32. The molecule has 2 heterocycles. The van der Waals surface area contributed by atoms with E-state index in [2.05, 4.69) is 0 Å². The Kier molecular flexibility index (Phi) is 4.87. The fraction of sp³-hybridized carbons (Fsp3) is 0.174. The second kappa shape index (κ2) is 7.51. The number of furan rings is 1. The summed E-state index contributed by atoms with van der Waals surface area (Å²) in [5, 5.41) is 9.14. The number of hydrogen-bond donors (Lipinski definition) is 1. The van der Waals surface area contributed by atoms with Crippen LogP contribution in [0.4, 0.5) is 10.5 Å². The van der Waals surface area contributed by atoms with E-state index < -0.39 is 12.0 Å². The van der Waals surface area contributed by atoms with Crippen LogP contribution in [0.5, 0.6) is 0 Å². The number of urea groups is 1. The maximum Gasteiger partial charge on any atom is 0.335 e. The number of benzene rings is 2. The van der Waals surface area contributed by atoms with Crippen molar-refractivity contribution < 1.29 is 23.9 Å². The molecule has 1 aliphatic rings. The minimum absolute atomic E-state index is 0.0315. The van der Waals surface area contributed by atoms with Crippen LogP contribution in [-0.4, -0.2) is 34.5 Å². The fourth-order valence-corrected chi connectivity index (χ4v) is 3.40. The van der Waals surface area contributed by atoms with Gasteiger partial charge >= 0.3 is 12.0 Å². The molecule has 0 aliphatic carbocycles. The number of rotatable bonds is 5. The van der Waals surface area contributed by atoms with Crippen molar-refractivity contribution >= 4 is 23.6 Å². The van der Waals surface area contributed by atoms with Crippen molar-refractivity contribution in [2.45, 2.75) is 20.4 Å². The molecular formula is C23H20N2O5. The number of carbonyl (C=O) groups excluding carboxylic acids is 2. The van der Waals surface area contributed by atoms with E-state index in [1.165, 1.54) is 21.9 Å². The summed E-state index contributed by atoms with van der Waals surface area (Å²) in [6, 6.07) is 15.0. The van der Waals surface area contributed by atoms with E-state index >= 15 is 0 Å². The standard InChI is InChI=1S/C23H20N2O5/c1-14-6-7-18(10-15(14)2)25-21(26)13-24(23(25)29)12-19-8-9-20(30-19)16-4-3-5-17(11-16)22(27)28/h3-11H,12-13H2,1-2H3,(H,27,28). The normalized spacial score (nSPS) is 13.9. The minimum Gasteiger partial charge on any atom is -0.478 e. The summed E-state index contributed by atoms with van der Waals surface area (Å²) in [4.78, 5) is 39.1. The molecule has 0 atom stereocenters. The molecule has 2 aromatic carbocycles. The number of carbonyl (C=O) groups is 3. The third kappa shape index (κ3) is 3.57. The third-order valence-corrected chi connectivity index (χ3v) is 5.19. The molecule has 7 nitrogen and oxygen atoms in total. The quantitative estimate of drug-likeness (QED) is 0.643. The molecule has 0 bridgehead atoms. The highest BCUT2D eigenvalue weighted by Crippen LogP contribution is 2.27. The van der Waals surface area contributed by atoms with Gasteiger partial charge in [0, 0.05) is 5.56 Å². The third-order valence-electron chi connectivity index (χ3n) is 5.19. The Morgan fingerprint density at radius 2 is 1.83 bits per heavy atom.